The first-order chi connectivity index (χ1) is 9.55. The zero-order chi connectivity index (χ0) is 14.2. The van der Waals surface area contributed by atoms with E-state index >= 15 is 0 Å². The Kier molecular flexibility index (Phi) is 3.56. The zero-order valence-corrected chi connectivity index (χ0v) is 11.9. The Hall–Kier alpha value is -0.970. The van der Waals surface area contributed by atoms with Gasteiger partial charge in [-0.05, 0) is 43.6 Å². The molecule has 4 nitrogen and oxygen atoms in total. The molecule has 3 aliphatic rings. The largest absolute Gasteiger partial charge is 0.393 e. The van der Waals surface area contributed by atoms with Gasteiger partial charge in [0, 0.05) is 12.8 Å². The average molecular weight is 278 g/mol. The number of ketones is 1. The fraction of sp³-hybridized carbons (Fsp3) is 0.688. The summed E-state index contributed by atoms with van der Waals surface area (Å²) < 4.78 is 12.4. The van der Waals surface area contributed by atoms with E-state index in [0.29, 0.717) is 12.8 Å². The van der Waals surface area contributed by atoms with Gasteiger partial charge in [-0.25, -0.2) is 0 Å². The van der Waals surface area contributed by atoms with E-state index in [4.69, 9.17) is 9.47 Å². The van der Waals surface area contributed by atoms with Gasteiger partial charge in [0.2, 0.25) is 0 Å². The predicted molar refractivity (Wildman–Crippen MR) is 74.1 cm³/mol. The van der Waals surface area contributed by atoms with Gasteiger partial charge >= 0.3 is 0 Å². The van der Waals surface area contributed by atoms with Gasteiger partial charge in [0.05, 0.1) is 12.2 Å². The summed E-state index contributed by atoms with van der Waals surface area (Å²) >= 11 is 0. The predicted octanol–water partition coefficient (Wildman–Crippen LogP) is 2.27. The first-order valence-electron chi connectivity index (χ1n) is 7.53. The number of ether oxygens (including phenoxy) is 2. The molecule has 0 amide bonds. The summed E-state index contributed by atoms with van der Waals surface area (Å²) in [6.45, 7) is 2.12. The van der Waals surface area contributed by atoms with E-state index in [1.54, 1.807) is 12.2 Å². The van der Waals surface area contributed by atoms with Crippen LogP contribution in [0.5, 0.6) is 0 Å². The van der Waals surface area contributed by atoms with Crippen LogP contribution in [0.15, 0.2) is 24.3 Å². The van der Waals surface area contributed by atoms with Gasteiger partial charge in [-0.3, -0.25) is 4.79 Å². The topological polar surface area (TPSA) is 55.8 Å². The maximum absolute atomic E-state index is 11.3. The van der Waals surface area contributed by atoms with Crippen molar-refractivity contribution in [3.05, 3.63) is 24.3 Å². The Bertz CT molecular complexity index is 437. The summed E-state index contributed by atoms with van der Waals surface area (Å²) in [4.78, 5) is 11.3. The number of carbonyl (C=O) groups is 1. The third-order valence-corrected chi connectivity index (χ3v) is 4.41. The van der Waals surface area contributed by atoms with Crippen LogP contribution in [0.25, 0.3) is 0 Å². The molecule has 2 fully saturated rings. The average Bonchev–Trinajstić information content (AvgIpc) is 2.71. The van der Waals surface area contributed by atoms with Gasteiger partial charge < -0.3 is 14.6 Å². The highest BCUT2D eigenvalue weighted by molar-refractivity contribution is 6.00. The van der Waals surface area contributed by atoms with E-state index in [-0.39, 0.29) is 18.0 Å². The van der Waals surface area contributed by atoms with Crippen molar-refractivity contribution in [2.75, 3.05) is 0 Å². The van der Waals surface area contributed by atoms with Gasteiger partial charge in [-0.15, -0.1) is 0 Å². The molecule has 2 spiro atoms. The number of allylic oxidation sites excluding steroid dienone is 2. The smallest absolute Gasteiger partial charge is 0.178 e. The lowest BCUT2D eigenvalue weighted by Gasteiger charge is -2.41. The molecule has 0 radical (unpaired) electrons. The maximum atomic E-state index is 11.3. The number of hydrogen-bond donors (Lipinski definition) is 1. The number of hydrogen-bond acceptors (Lipinski definition) is 4. The Morgan fingerprint density at radius 1 is 1.35 bits per heavy atom. The Morgan fingerprint density at radius 3 is 2.80 bits per heavy atom. The quantitative estimate of drug-likeness (QED) is 0.842. The van der Waals surface area contributed by atoms with Gasteiger partial charge in [-0.1, -0.05) is 13.3 Å². The van der Waals surface area contributed by atoms with Crippen molar-refractivity contribution in [1.29, 1.82) is 0 Å². The van der Waals surface area contributed by atoms with Crippen molar-refractivity contribution >= 4 is 5.78 Å². The van der Waals surface area contributed by atoms with Crippen LogP contribution in [0.2, 0.25) is 0 Å². The molecule has 0 saturated carbocycles. The van der Waals surface area contributed by atoms with Crippen molar-refractivity contribution in [2.24, 2.45) is 0 Å². The molecule has 0 bridgehead atoms. The van der Waals surface area contributed by atoms with Crippen molar-refractivity contribution in [1.82, 2.24) is 0 Å². The molecule has 1 N–H and O–H groups in total. The minimum Gasteiger partial charge on any atom is -0.393 e. The SMILES string of the molecule is CCC[C@@H]1C[C@H](O)C[C@@]2(CCC3(C=CC(=O)C=C3)O2)O1. The molecule has 4 heteroatoms. The summed E-state index contributed by atoms with van der Waals surface area (Å²) in [6, 6.07) is 0. The van der Waals surface area contributed by atoms with Crippen LogP contribution in [-0.2, 0) is 14.3 Å². The highest BCUT2D eigenvalue weighted by Crippen LogP contribution is 2.47. The van der Waals surface area contributed by atoms with Gasteiger partial charge in [0.15, 0.2) is 11.6 Å². The van der Waals surface area contributed by atoms with Crippen molar-refractivity contribution < 1.29 is 19.4 Å². The van der Waals surface area contributed by atoms with Gasteiger partial charge in [0.1, 0.15) is 5.60 Å². The van der Waals surface area contributed by atoms with E-state index in [1.807, 2.05) is 12.2 Å². The number of carbonyl (C=O) groups excluding carboxylic acids is 1. The molecule has 0 aromatic rings. The maximum Gasteiger partial charge on any atom is 0.178 e. The third kappa shape index (κ3) is 2.60. The highest BCUT2D eigenvalue weighted by atomic mass is 16.7. The molecular weight excluding hydrogens is 256 g/mol. The molecule has 0 aromatic heterocycles. The van der Waals surface area contributed by atoms with Gasteiger partial charge in [-0.2, -0.15) is 0 Å². The van der Waals surface area contributed by atoms with Crippen LogP contribution in [0, 0.1) is 0 Å². The Morgan fingerprint density at radius 2 is 2.10 bits per heavy atom. The van der Waals surface area contributed by atoms with E-state index < -0.39 is 11.4 Å². The van der Waals surface area contributed by atoms with E-state index in [2.05, 4.69) is 6.92 Å². The summed E-state index contributed by atoms with van der Waals surface area (Å²) in [5, 5.41) is 10.1. The molecule has 2 saturated heterocycles. The minimum atomic E-state index is -0.688. The van der Waals surface area contributed by atoms with Crippen molar-refractivity contribution in [3.8, 4) is 0 Å². The van der Waals surface area contributed by atoms with E-state index in [0.717, 1.165) is 25.7 Å². The summed E-state index contributed by atoms with van der Waals surface area (Å²) in [6.07, 6.45) is 11.2. The zero-order valence-electron chi connectivity index (χ0n) is 11.9. The standard InChI is InChI=1S/C16H22O4/c1-2-3-14-10-13(18)11-16(19-14)9-8-15(20-16)6-4-12(17)5-7-15/h4-7,13-14,18H,2-3,8-11H2,1H3/t13-,14+,16-/m0/s1. The first kappa shape index (κ1) is 14.0. The fourth-order valence-electron chi connectivity index (χ4n) is 3.50. The second-order valence-corrected chi connectivity index (χ2v) is 6.16. The lowest BCUT2D eigenvalue weighted by molar-refractivity contribution is -0.292. The van der Waals surface area contributed by atoms with Crippen LogP contribution in [0.3, 0.4) is 0 Å². The monoisotopic (exact) mass is 278 g/mol. The molecule has 2 heterocycles. The van der Waals surface area contributed by atoms with Crippen LogP contribution in [-0.4, -0.2) is 34.5 Å². The van der Waals surface area contributed by atoms with Gasteiger partial charge in [0.25, 0.3) is 0 Å². The fourth-order valence-corrected chi connectivity index (χ4v) is 3.50. The second-order valence-electron chi connectivity index (χ2n) is 6.16. The van der Waals surface area contributed by atoms with Crippen LogP contribution in [0.4, 0.5) is 0 Å². The van der Waals surface area contributed by atoms with E-state index in [9.17, 15) is 9.90 Å². The molecular formula is C16H22O4. The van der Waals surface area contributed by atoms with Crippen LogP contribution in [0.1, 0.15) is 45.4 Å². The summed E-state index contributed by atoms with van der Waals surface area (Å²) in [7, 11) is 0. The number of rotatable bonds is 2. The number of aliphatic hydroxyl groups excluding tert-OH is 1. The molecule has 2 aliphatic heterocycles. The van der Waals surface area contributed by atoms with Crippen molar-refractivity contribution in [2.45, 2.75) is 69.0 Å². The molecule has 1 aliphatic carbocycles. The second kappa shape index (κ2) is 5.10. The summed E-state index contributed by atoms with van der Waals surface area (Å²) in [5.74, 6) is -0.694. The molecule has 110 valence electrons. The molecule has 3 rings (SSSR count). The molecule has 0 aromatic carbocycles. The first-order valence-corrected chi connectivity index (χ1v) is 7.53. The Balaban J connectivity index is 1.76. The Labute approximate surface area is 119 Å². The molecule has 20 heavy (non-hydrogen) atoms. The lowest BCUT2D eigenvalue weighted by atomic mass is 9.91. The van der Waals surface area contributed by atoms with Crippen LogP contribution >= 0.6 is 0 Å². The number of aliphatic hydroxyl groups is 1. The lowest BCUT2D eigenvalue weighted by Crippen LogP contribution is -2.47. The minimum absolute atomic E-state index is 0.00590. The molecule has 3 atom stereocenters. The summed E-state index contributed by atoms with van der Waals surface area (Å²) in [5.41, 5.74) is -0.526. The third-order valence-electron chi connectivity index (χ3n) is 4.41. The van der Waals surface area contributed by atoms with Crippen LogP contribution < -0.4 is 0 Å². The van der Waals surface area contributed by atoms with E-state index in [1.165, 1.54) is 0 Å². The normalized spacial score (nSPS) is 39.0. The highest BCUT2D eigenvalue weighted by Gasteiger charge is 2.52. The molecule has 0 unspecified atom stereocenters. The van der Waals surface area contributed by atoms with Crippen molar-refractivity contribution in [3.63, 3.8) is 0 Å².